The predicted octanol–water partition coefficient (Wildman–Crippen LogP) is 22.0. The van der Waals surface area contributed by atoms with Crippen LogP contribution in [0.3, 0.4) is 0 Å². The lowest BCUT2D eigenvalue weighted by Crippen LogP contribution is -2.44. The van der Waals surface area contributed by atoms with Gasteiger partial charge in [-0.3, -0.25) is 24.0 Å². The molecule has 0 atom stereocenters. The fourth-order valence-electron chi connectivity index (χ4n) is 22.0. The summed E-state index contributed by atoms with van der Waals surface area (Å²) in [6.07, 6.45) is 26.8. The molecule has 15 rings (SSSR count). The number of hydrogen-bond donors (Lipinski definition) is 4. The van der Waals surface area contributed by atoms with E-state index in [0.29, 0.717) is 110 Å². The summed E-state index contributed by atoms with van der Waals surface area (Å²) in [4.78, 5) is 101. The molecule has 7 aliphatic heterocycles. The van der Waals surface area contributed by atoms with E-state index in [2.05, 4.69) is 333 Å². The van der Waals surface area contributed by atoms with Crippen molar-refractivity contribution >= 4 is 69.6 Å². The number of nitrogens with zero attached hydrogens (tertiary/aromatic N) is 12. The lowest BCUT2D eigenvalue weighted by atomic mass is 9.92. The summed E-state index contributed by atoms with van der Waals surface area (Å²) in [5.41, 5.74) is 23.1. The summed E-state index contributed by atoms with van der Waals surface area (Å²) in [6, 6.07) is 43.2. The molecule has 7 heterocycles. The SMILES string of the molecule is CC(=O)NCc1cc(C(C)C)ccc1N1CCC(N(C)C)CC1.CC(C)c1ccc(N2CCC(N(C)C)CC2)c(CC(=O)C2CC2)c1.CC(C)c1ccc(N2CCC(N(C)C)CC2)c(CC(=O)N2CCC2)c1.CC(C)c1ccc(N2CCC(N(C)C)CC2)c(CNC(=O)C2CCCC2)c1.CCC1CCN(c2ccc(C(C)C)cc2CC(=O)N(C)C)CC1.CCC1CCN(c2ccc(C(C)C)cc2CNC(=O)NC)CC1. The molecular weight excluding hydrogens is 1800 g/mol. The Hall–Kier alpha value is -9.22. The molecule has 804 valence electrons. The predicted molar refractivity (Wildman–Crippen MR) is 611 cm³/mol. The molecule has 6 amide bonds. The van der Waals surface area contributed by atoms with Crippen LogP contribution in [0.4, 0.5) is 38.9 Å². The topological polar surface area (TPSA) is 189 Å². The van der Waals surface area contributed by atoms with Gasteiger partial charge in [0.15, 0.2) is 0 Å². The molecule has 0 unspecified atom stereocenters. The van der Waals surface area contributed by atoms with E-state index in [0.717, 1.165) is 136 Å². The average Bonchev–Trinajstić information content (AvgIpc) is 1.79. The van der Waals surface area contributed by atoms with Crippen LogP contribution in [-0.2, 0) is 62.9 Å². The van der Waals surface area contributed by atoms with Gasteiger partial charge in [0.1, 0.15) is 5.78 Å². The zero-order valence-corrected chi connectivity index (χ0v) is 95.3. The van der Waals surface area contributed by atoms with Gasteiger partial charge < -0.3 is 80.1 Å². The Bertz CT molecular complexity index is 4980. The summed E-state index contributed by atoms with van der Waals surface area (Å²) in [5, 5.41) is 11.8. The van der Waals surface area contributed by atoms with E-state index in [-0.39, 0.29) is 35.6 Å². The Morgan fingerprint density at radius 3 is 0.834 bits per heavy atom. The van der Waals surface area contributed by atoms with E-state index in [9.17, 15) is 28.8 Å². The van der Waals surface area contributed by atoms with Gasteiger partial charge in [-0.05, 0) is 316 Å². The molecule has 0 spiro atoms. The molecule has 9 aliphatic rings. The first-order chi connectivity index (χ1) is 69.2. The molecule has 4 N–H and O–H groups in total. The van der Waals surface area contributed by atoms with Crippen molar-refractivity contribution < 1.29 is 28.8 Å². The standard InChI is InChI=1S/C23H37N3O.C21H33N3O.C21H32N2O.C20H32N2O.2C19H31N3O/c1-17(2)19-9-10-22(26-13-11-21(12-14-26)25(3)4)20(15-19)16-24-23(27)18-7-5-6-8-18;1-16(2)17-6-7-20(23-12-8-19(9-13-23)22(3)4)18(14-17)15-21(25)24-10-5-11-24;1-15(2)17-7-8-20(18(13-17)14-21(24)16-5-6-16)23-11-9-19(10-12-23)22(3)4;1-6-16-9-11-22(12-10-16)19-8-7-17(15(2)3)13-18(19)14-20(23)21(4)5;1-14(2)16-6-7-19(17(12-16)13-20-15(3)23)22-10-8-18(9-11-22)21(4)5;1-5-15-8-10-22(11-9-15)18-7-6-16(14(2)3)12-17(18)13-21-19(23)20-4/h9-10,15,17-18,21H,5-8,11-14,16H2,1-4H3,(H,24,27);6-7,14,16,19H,5,8-13,15H2,1-4H3;7-8,13,15-16,19H,5-6,9-12,14H2,1-4H3;7-8,13,15-16H,6,9-12,14H2,1-5H3;6-7,12,14,18H,8-11,13H2,1-5H3,(H,20,23);6-7,12,14-15H,5,8-11,13H2,1-4H3,(H2,20,21,23). The van der Waals surface area contributed by atoms with Crippen LogP contribution >= 0.6 is 0 Å². The Morgan fingerprint density at radius 1 is 0.310 bits per heavy atom. The Labute approximate surface area is 879 Å². The van der Waals surface area contributed by atoms with Crippen molar-refractivity contribution in [2.24, 2.45) is 23.7 Å². The minimum absolute atomic E-state index is 0.0252. The summed E-state index contributed by atoms with van der Waals surface area (Å²) >= 11 is 0. The van der Waals surface area contributed by atoms with E-state index in [1.807, 2.05) is 19.0 Å². The van der Waals surface area contributed by atoms with Crippen molar-refractivity contribution in [3.8, 4) is 0 Å². The highest BCUT2D eigenvalue weighted by Crippen LogP contribution is 2.40. The van der Waals surface area contributed by atoms with Gasteiger partial charge in [-0.1, -0.05) is 195 Å². The fraction of sp³-hybridized carbons (Fsp3) is 0.659. The second-order valence-corrected chi connectivity index (χ2v) is 46.5. The minimum Gasteiger partial charge on any atom is -0.371 e. The minimum atomic E-state index is -0.129. The van der Waals surface area contributed by atoms with Gasteiger partial charge in [-0.15, -0.1) is 0 Å². The number of anilines is 6. The number of amides is 6. The van der Waals surface area contributed by atoms with Crippen molar-refractivity contribution in [2.75, 3.05) is 199 Å². The quantitative estimate of drug-likeness (QED) is 0.0312. The van der Waals surface area contributed by atoms with Gasteiger partial charge in [-0.2, -0.15) is 0 Å². The molecule has 0 aromatic heterocycles. The highest BCUT2D eigenvalue weighted by molar-refractivity contribution is 5.87. The molecule has 6 aromatic rings. The molecule has 0 bridgehead atoms. The number of likely N-dealkylation sites (N-methyl/N-ethyl adjacent to an activating group) is 1. The Kier molecular flexibility index (Phi) is 47.1. The number of Topliss-reactive ketones (excluding diaryl/α,β-unsaturated/α-hetero) is 1. The van der Waals surface area contributed by atoms with Crippen LogP contribution in [0.5, 0.6) is 0 Å². The molecule has 0 radical (unpaired) electrons. The lowest BCUT2D eigenvalue weighted by Gasteiger charge is -2.38. The maximum absolute atomic E-state index is 12.6. The van der Waals surface area contributed by atoms with Gasteiger partial charge in [-0.25, -0.2) is 4.79 Å². The largest absolute Gasteiger partial charge is 0.371 e. The third-order valence-electron chi connectivity index (χ3n) is 33.0. The van der Waals surface area contributed by atoms with Crippen molar-refractivity contribution in [3.05, 3.63) is 176 Å². The van der Waals surface area contributed by atoms with Crippen LogP contribution in [0.25, 0.3) is 0 Å². The van der Waals surface area contributed by atoms with E-state index < -0.39 is 0 Å². The molecule has 22 nitrogen and oxygen atoms in total. The number of hydrogen-bond acceptors (Lipinski definition) is 16. The van der Waals surface area contributed by atoms with E-state index in [1.165, 1.54) is 204 Å². The molecule has 22 heteroatoms. The molecule has 9 fully saturated rings. The van der Waals surface area contributed by atoms with E-state index in [4.69, 9.17) is 0 Å². The summed E-state index contributed by atoms with van der Waals surface area (Å²) in [5.74, 6) is 6.49. The zero-order chi connectivity index (χ0) is 105. The van der Waals surface area contributed by atoms with Crippen LogP contribution in [-0.4, -0.2) is 258 Å². The number of likely N-dealkylation sites (tertiary alicyclic amines) is 1. The van der Waals surface area contributed by atoms with Crippen molar-refractivity contribution in [2.45, 2.75) is 337 Å². The van der Waals surface area contributed by atoms with E-state index >= 15 is 0 Å². The van der Waals surface area contributed by atoms with E-state index in [1.54, 1.807) is 18.9 Å². The maximum atomic E-state index is 12.6. The highest BCUT2D eigenvalue weighted by atomic mass is 16.2. The number of ketones is 1. The summed E-state index contributed by atoms with van der Waals surface area (Å²) < 4.78 is 0. The number of carbonyl (C=O) groups is 6. The fourth-order valence-corrected chi connectivity index (χ4v) is 22.0. The van der Waals surface area contributed by atoms with Gasteiger partial charge in [0.25, 0.3) is 0 Å². The normalized spacial score (nSPS) is 17.6. The second-order valence-electron chi connectivity index (χ2n) is 46.5. The zero-order valence-electron chi connectivity index (χ0n) is 95.3. The number of carbonyl (C=O) groups excluding carboxylic acids is 6. The number of benzene rings is 6. The Balaban J connectivity index is 0.000000179. The first-order valence-corrected chi connectivity index (χ1v) is 56.6. The molecular formula is C123H196N16O6. The van der Waals surface area contributed by atoms with Gasteiger partial charge in [0.2, 0.25) is 23.6 Å². The molecule has 2 saturated carbocycles. The number of rotatable bonds is 32. The number of urea groups is 1. The average molecular weight is 2000 g/mol. The first-order valence-electron chi connectivity index (χ1n) is 56.6. The Morgan fingerprint density at radius 2 is 0.579 bits per heavy atom. The molecule has 6 aromatic carbocycles. The van der Waals surface area contributed by atoms with Crippen LogP contribution < -0.4 is 50.7 Å². The number of nitrogens with one attached hydrogen (secondary N) is 4. The van der Waals surface area contributed by atoms with Crippen LogP contribution in [0.1, 0.15) is 341 Å². The highest BCUT2D eigenvalue weighted by Gasteiger charge is 2.35. The van der Waals surface area contributed by atoms with Crippen molar-refractivity contribution in [1.29, 1.82) is 0 Å². The van der Waals surface area contributed by atoms with Crippen molar-refractivity contribution in [3.63, 3.8) is 0 Å². The van der Waals surface area contributed by atoms with Crippen molar-refractivity contribution in [1.82, 2.24) is 50.7 Å². The molecule has 145 heavy (non-hydrogen) atoms. The summed E-state index contributed by atoms with van der Waals surface area (Å²) in [7, 11) is 22.7. The molecule has 2 aliphatic carbocycles. The number of piperidine rings is 6. The maximum Gasteiger partial charge on any atom is 0.314 e. The third kappa shape index (κ3) is 35.8. The van der Waals surface area contributed by atoms with Crippen LogP contribution in [0, 0.1) is 23.7 Å². The van der Waals surface area contributed by atoms with Gasteiger partial charge in [0, 0.05) is 216 Å². The smallest absolute Gasteiger partial charge is 0.314 e. The molecule has 7 saturated heterocycles. The third-order valence-corrected chi connectivity index (χ3v) is 33.0. The van der Waals surface area contributed by atoms with Gasteiger partial charge in [0.05, 0.1) is 12.8 Å². The summed E-state index contributed by atoms with van der Waals surface area (Å²) in [6.45, 7) is 49.6. The first kappa shape index (κ1) is 118. The van der Waals surface area contributed by atoms with Gasteiger partial charge >= 0.3 is 6.03 Å². The lowest BCUT2D eigenvalue weighted by molar-refractivity contribution is -0.134. The monoisotopic (exact) mass is 1990 g/mol. The van der Waals surface area contributed by atoms with Crippen LogP contribution in [0.15, 0.2) is 109 Å². The second kappa shape index (κ2) is 58.1. The van der Waals surface area contributed by atoms with Crippen LogP contribution in [0.2, 0.25) is 0 Å².